The first-order valence-corrected chi connectivity index (χ1v) is 7.27. The van der Waals surface area contributed by atoms with Crippen LogP contribution in [-0.2, 0) is 7.05 Å². The first-order chi connectivity index (χ1) is 10.8. The van der Waals surface area contributed by atoms with E-state index in [4.69, 9.17) is 4.98 Å². The molecule has 1 aliphatic rings. The van der Waals surface area contributed by atoms with Gasteiger partial charge in [-0.3, -0.25) is 4.79 Å². The molecule has 0 amide bonds. The normalized spacial score (nSPS) is 12.9. The summed E-state index contributed by atoms with van der Waals surface area (Å²) >= 11 is 0. The summed E-state index contributed by atoms with van der Waals surface area (Å²) in [5.74, 6) is 0.0812. The zero-order valence-corrected chi connectivity index (χ0v) is 12.0. The smallest absolute Gasteiger partial charge is 0.210 e. The van der Waals surface area contributed by atoms with Crippen molar-refractivity contribution in [1.82, 2.24) is 9.55 Å². The zero-order chi connectivity index (χ0) is 14.8. The Morgan fingerprint density at radius 2 is 1.64 bits per heavy atom. The Hall–Kier alpha value is -2.94. The topological polar surface area (TPSA) is 34.9 Å². The summed E-state index contributed by atoms with van der Waals surface area (Å²) in [6, 6.07) is 15.8. The third-order valence-corrected chi connectivity index (χ3v) is 4.49. The minimum atomic E-state index is 0.0812. The molecule has 2 aromatic heterocycles. The van der Waals surface area contributed by atoms with Crippen LogP contribution in [0, 0.1) is 0 Å². The molecule has 5 rings (SSSR count). The van der Waals surface area contributed by atoms with Crippen LogP contribution in [0.25, 0.3) is 32.9 Å². The number of fused-ring (bicyclic) bond motifs is 4. The van der Waals surface area contributed by atoms with Crippen LogP contribution >= 0.6 is 0 Å². The predicted molar refractivity (Wildman–Crippen MR) is 87.1 cm³/mol. The number of rotatable bonds is 0. The van der Waals surface area contributed by atoms with E-state index in [1.807, 2.05) is 60.3 Å². The van der Waals surface area contributed by atoms with Crippen LogP contribution in [0.15, 0.2) is 54.7 Å². The van der Waals surface area contributed by atoms with Crippen molar-refractivity contribution >= 4 is 27.5 Å². The molecule has 0 spiro atoms. The second-order valence-corrected chi connectivity index (χ2v) is 5.73. The van der Waals surface area contributed by atoms with E-state index in [0.717, 1.165) is 44.2 Å². The lowest BCUT2D eigenvalue weighted by molar-refractivity contribution is 0.103. The predicted octanol–water partition coefficient (Wildman–Crippen LogP) is 3.94. The SMILES string of the molecule is Cn1cc2c3c(nc4ccccc42)-c2ccccc2C(=O)c31. The van der Waals surface area contributed by atoms with Gasteiger partial charge in [0.25, 0.3) is 0 Å². The number of pyridine rings is 1. The third kappa shape index (κ3) is 1.26. The van der Waals surface area contributed by atoms with Crippen LogP contribution in [0.1, 0.15) is 16.1 Å². The van der Waals surface area contributed by atoms with Gasteiger partial charge >= 0.3 is 0 Å². The van der Waals surface area contributed by atoms with E-state index in [1.54, 1.807) is 0 Å². The molecule has 0 N–H and O–H groups in total. The molecule has 0 radical (unpaired) electrons. The summed E-state index contributed by atoms with van der Waals surface area (Å²) < 4.78 is 1.93. The summed E-state index contributed by atoms with van der Waals surface area (Å²) in [6.45, 7) is 0. The highest BCUT2D eigenvalue weighted by Crippen LogP contribution is 2.41. The molecule has 22 heavy (non-hydrogen) atoms. The van der Waals surface area contributed by atoms with Crippen LogP contribution < -0.4 is 0 Å². The molecule has 0 saturated carbocycles. The maximum Gasteiger partial charge on any atom is 0.210 e. The second kappa shape index (κ2) is 3.83. The molecule has 0 saturated heterocycles. The van der Waals surface area contributed by atoms with Crippen molar-refractivity contribution in [2.75, 3.05) is 0 Å². The molecule has 0 bridgehead atoms. The summed E-state index contributed by atoms with van der Waals surface area (Å²) in [7, 11) is 1.93. The molecule has 0 fully saturated rings. The first-order valence-electron chi connectivity index (χ1n) is 7.27. The van der Waals surface area contributed by atoms with Gasteiger partial charge in [0.05, 0.1) is 16.9 Å². The standard InChI is InChI=1S/C19H12N2O/c1-21-10-14-11-6-4-5-9-15(11)20-17-12-7-2-3-8-13(12)19(22)18(21)16(14)17/h2-10H,1H3. The molecular weight excluding hydrogens is 272 g/mol. The highest BCUT2D eigenvalue weighted by atomic mass is 16.1. The van der Waals surface area contributed by atoms with Crippen LogP contribution in [0.5, 0.6) is 0 Å². The average molecular weight is 284 g/mol. The van der Waals surface area contributed by atoms with Gasteiger partial charge in [-0.05, 0) is 6.07 Å². The van der Waals surface area contributed by atoms with Gasteiger partial charge in [0, 0.05) is 40.5 Å². The number of carbonyl (C=O) groups is 1. The van der Waals surface area contributed by atoms with Crippen LogP contribution in [0.3, 0.4) is 0 Å². The molecule has 2 heterocycles. The van der Waals surface area contributed by atoms with Crippen molar-refractivity contribution in [2.45, 2.75) is 0 Å². The second-order valence-electron chi connectivity index (χ2n) is 5.73. The molecule has 0 unspecified atom stereocenters. The fourth-order valence-corrected chi connectivity index (χ4v) is 3.53. The summed E-state index contributed by atoms with van der Waals surface area (Å²) in [5, 5.41) is 3.17. The van der Waals surface area contributed by atoms with Gasteiger partial charge in [-0.25, -0.2) is 4.98 Å². The van der Waals surface area contributed by atoms with Gasteiger partial charge < -0.3 is 4.57 Å². The van der Waals surface area contributed by atoms with Gasteiger partial charge in [0.1, 0.15) is 0 Å². The van der Waals surface area contributed by atoms with E-state index in [-0.39, 0.29) is 5.78 Å². The molecule has 1 aliphatic carbocycles. The van der Waals surface area contributed by atoms with Gasteiger partial charge in [-0.2, -0.15) is 0 Å². The Balaban J connectivity index is 2.11. The van der Waals surface area contributed by atoms with Crippen molar-refractivity contribution < 1.29 is 4.79 Å². The van der Waals surface area contributed by atoms with E-state index < -0.39 is 0 Å². The quantitative estimate of drug-likeness (QED) is 0.432. The van der Waals surface area contributed by atoms with Gasteiger partial charge in [0.2, 0.25) is 5.78 Å². The number of aryl methyl sites for hydroxylation is 1. The lowest BCUT2D eigenvalue weighted by Gasteiger charge is -2.17. The third-order valence-electron chi connectivity index (χ3n) is 4.49. The van der Waals surface area contributed by atoms with E-state index >= 15 is 0 Å². The molecule has 3 nitrogen and oxygen atoms in total. The Bertz CT molecular complexity index is 1110. The number of nitrogens with zero attached hydrogens (tertiary/aromatic N) is 2. The van der Waals surface area contributed by atoms with Crippen molar-refractivity contribution in [1.29, 1.82) is 0 Å². The molecular formula is C19H12N2O. The molecule has 3 heteroatoms. The van der Waals surface area contributed by atoms with Crippen molar-refractivity contribution in [3.8, 4) is 11.3 Å². The van der Waals surface area contributed by atoms with E-state index in [9.17, 15) is 4.79 Å². The number of ketones is 1. The first kappa shape index (κ1) is 11.7. The van der Waals surface area contributed by atoms with E-state index in [0.29, 0.717) is 0 Å². The molecule has 4 aromatic rings. The lowest BCUT2D eigenvalue weighted by Crippen LogP contribution is -2.13. The summed E-state index contributed by atoms with van der Waals surface area (Å²) in [6.07, 6.45) is 2.04. The highest BCUT2D eigenvalue weighted by molar-refractivity contribution is 6.28. The Kier molecular flexibility index (Phi) is 2.03. The fraction of sp³-hybridized carbons (Fsp3) is 0.0526. The zero-order valence-electron chi connectivity index (χ0n) is 12.0. The maximum absolute atomic E-state index is 12.9. The number of para-hydroxylation sites is 1. The Morgan fingerprint density at radius 3 is 2.50 bits per heavy atom. The molecule has 0 atom stereocenters. The monoisotopic (exact) mass is 284 g/mol. The maximum atomic E-state index is 12.9. The number of benzene rings is 2. The highest BCUT2D eigenvalue weighted by Gasteiger charge is 2.29. The number of aromatic nitrogens is 2. The number of carbonyl (C=O) groups excluding carboxylic acids is 1. The van der Waals surface area contributed by atoms with Crippen LogP contribution in [0.4, 0.5) is 0 Å². The lowest BCUT2D eigenvalue weighted by atomic mass is 9.89. The average Bonchev–Trinajstić information content (AvgIpc) is 2.90. The van der Waals surface area contributed by atoms with Gasteiger partial charge in [0.15, 0.2) is 0 Å². The van der Waals surface area contributed by atoms with Crippen molar-refractivity contribution in [3.05, 3.63) is 66.0 Å². The molecule has 104 valence electrons. The van der Waals surface area contributed by atoms with Crippen molar-refractivity contribution in [3.63, 3.8) is 0 Å². The fourth-order valence-electron chi connectivity index (χ4n) is 3.53. The molecule has 0 aliphatic heterocycles. The van der Waals surface area contributed by atoms with Gasteiger partial charge in [-0.15, -0.1) is 0 Å². The van der Waals surface area contributed by atoms with E-state index in [1.165, 1.54) is 0 Å². The Morgan fingerprint density at radius 1 is 0.909 bits per heavy atom. The Labute approximate surface area is 126 Å². The van der Waals surface area contributed by atoms with Gasteiger partial charge in [-0.1, -0.05) is 42.5 Å². The largest absolute Gasteiger partial charge is 0.347 e. The van der Waals surface area contributed by atoms with Crippen molar-refractivity contribution in [2.24, 2.45) is 7.05 Å². The molecule has 2 aromatic carbocycles. The summed E-state index contributed by atoms with van der Waals surface area (Å²) in [4.78, 5) is 17.7. The summed E-state index contributed by atoms with van der Waals surface area (Å²) in [5.41, 5.74) is 4.29. The minimum Gasteiger partial charge on any atom is -0.347 e. The van der Waals surface area contributed by atoms with Crippen LogP contribution in [0.2, 0.25) is 0 Å². The number of hydrogen-bond acceptors (Lipinski definition) is 2. The number of hydrogen-bond donors (Lipinski definition) is 0. The minimum absolute atomic E-state index is 0.0812. The van der Waals surface area contributed by atoms with Crippen LogP contribution in [-0.4, -0.2) is 15.3 Å². The van der Waals surface area contributed by atoms with E-state index in [2.05, 4.69) is 6.07 Å².